The molecule has 0 saturated heterocycles. The second kappa shape index (κ2) is 11.0. The Morgan fingerprint density at radius 2 is 1.04 bits per heavy atom. The van der Waals surface area contributed by atoms with E-state index in [1.165, 1.54) is 32.7 Å². The molecule has 8 aromatic carbocycles. The molecule has 0 bridgehead atoms. The van der Waals surface area contributed by atoms with Gasteiger partial charge in [-0.05, 0) is 74.0 Å². The molecule has 1 aliphatic heterocycles. The Kier molecular flexibility index (Phi) is 6.18. The number of rotatable bonds is 4. The van der Waals surface area contributed by atoms with Crippen molar-refractivity contribution in [1.82, 2.24) is 9.97 Å². The van der Waals surface area contributed by atoms with E-state index in [-0.39, 0.29) is 0 Å². The second-order valence-corrected chi connectivity index (χ2v) is 12.6. The van der Waals surface area contributed by atoms with Crippen LogP contribution in [0, 0.1) is 0 Å². The quantitative estimate of drug-likeness (QED) is 0.195. The monoisotopic (exact) mass is 624 g/mol. The van der Waals surface area contributed by atoms with Crippen LogP contribution < -0.4 is 4.74 Å². The Balaban J connectivity index is 1.14. The van der Waals surface area contributed by atoms with Crippen LogP contribution in [-0.4, -0.2) is 9.97 Å². The molecule has 0 amide bonds. The third-order valence-electron chi connectivity index (χ3n) is 9.67. The molecular weight excluding hydrogens is 597 g/mol. The fourth-order valence-electron chi connectivity index (χ4n) is 7.30. The summed E-state index contributed by atoms with van der Waals surface area (Å²) in [5.74, 6) is 2.50. The summed E-state index contributed by atoms with van der Waals surface area (Å²) in [7, 11) is 0. The molecule has 0 atom stereocenters. The Morgan fingerprint density at radius 3 is 1.92 bits per heavy atom. The molecule has 3 nitrogen and oxygen atoms in total. The molecule has 0 N–H and O–H groups in total. The fourth-order valence-corrected chi connectivity index (χ4v) is 7.30. The molecule has 0 unspecified atom stereocenters. The number of hydrogen-bond acceptors (Lipinski definition) is 3. The molecule has 2 heterocycles. The van der Waals surface area contributed by atoms with Gasteiger partial charge in [0.15, 0.2) is 5.82 Å². The van der Waals surface area contributed by atoms with E-state index >= 15 is 0 Å². The van der Waals surface area contributed by atoms with E-state index in [9.17, 15) is 0 Å². The van der Waals surface area contributed by atoms with Gasteiger partial charge in [-0.2, -0.15) is 0 Å². The molecule has 10 rings (SSSR count). The number of hydrogen-bond donors (Lipinski definition) is 0. The van der Waals surface area contributed by atoms with Crippen LogP contribution in [0.2, 0.25) is 0 Å². The highest BCUT2D eigenvalue weighted by Crippen LogP contribution is 2.48. The van der Waals surface area contributed by atoms with Gasteiger partial charge in [-0.15, -0.1) is 0 Å². The number of fused-ring (bicyclic) bond motifs is 4. The van der Waals surface area contributed by atoms with E-state index in [0.29, 0.717) is 5.82 Å². The van der Waals surface area contributed by atoms with Gasteiger partial charge in [0, 0.05) is 27.6 Å². The van der Waals surface area contributed by atoms with Crippen LogP contribution in [-0.2, 0) is 0 Å². The lowest BCUT2D eigenvalue weighted by atomic mass is 9.89. The van der Waals surface area contributed by atoms with Gasteiger partial charge in [0.1, 0.15) is 11.5 Å². The lowest BCUT2D eigenvalue weighted by molar-refractivity contribution is 0.487. The molecule has 0 radical (unpaired) electrons. The number of aromatic nitrogens is 2. The van der Waals surface area contributed by atoms with Gasteiger partial charge < -0.3 is 4.74 Å². The molecule has 0 fully saturated rings. The van der Waals surface area contributed by atoms with Gasteiger partial charge in [0.2, 0.25) is 0 Å². The average molecular weight is 625 g/mol. The first kappa shape index (κ1) is 27.5. The van der Waals surface area contributed by atoms with E-state index in [1.807, 2.05) is 18.2 Å². The fraction of sp³-hybridized carbons (Fsp3) is 0. The van der Waals surface area contributed by atoms with Crippen molar-refractivity contribution in [3.63, 3.8) is 0 Å². The summed E-state index contributed by atoms with van der Waals surface area (Å²) in [5.41, 5.74) is 9.53. The van der Waals surface area contributed by atoms with E-state index in [0.717, 1.165) is 61.5 Å². The van der Waals surface area contributed by atoms with E-state index < -0.39 is 0 Å². The van der Waals surface area contributed by atoms with Crippen LogP contribution in [0.1, 0.15) is 0 Å². The Morgan fingerprint density at radius 1 is 0.347 bits per heavy atom. The van der Waals surface area contributed by atoms with Gasteiger partial charge in [0.05, 0.1) is 11.4 Å². The van der Waals surface area contributed by atoms with Gasteiger partial charge in [-0.3, -0.25) is 0 Å². The Bertz CT molecular complexity index is 2740. The first-order chi connectivity index (χ1) is 24.3. The molecule has 228 valence electrons. The lowest BCUT2D eigenvalue weighted by Gasteiger charge is -2.22. The molecule has 3 heteroatoms. The maximum absolute atomic E-state index is 6.41. The van der Waals surface area contributed by atoms with Gasteiger partial charge in [-0.1, -0.05) is 140 Å². The van der Waals surface area contributed by atoms with E-state index in [2.05, 4.69) is 152 Å². The average Bonchev–Trinajstić information content (AvgIpc) is 3.17. The van der Waals surface area contributed by atoms with E-state index in [4.69, 9.17) is 14.7 Å². The maximum Gasteiger partial charge on any atom is 0.160 e. The van der Waals surface area contributed by atoms with Crippen molar-refractivity contribution in [1.29, 1.82) is 0 Å². The Hall–Kier alpha value is -6.58. The first-order valence-electron chi connectivity index (χ1n) is 16.6. The molecule has 0 aliphatic carbocycles. The smallest absolute Gasteiger partial charge is 0.160 e. The molecule has 9 aromatic rings. The summed E-state index contributed by atoms with van der Waals surface area (Å²) in [5, 5.41) is 7.05. The minimum atomic E-state index is 0.707. The van der Waals surface area contributed by atoms with E-state index in [1.54, 1.807) is 0 Å². The van der Waals surface area contributed by atoms with Crippen molar-refractivity contribution in [2.45, 2.75) is 0 Å². The molecule has 1 aromatic heterocycles. The number of nitrogens with zero attached hydrogens (tertiary/aromatic N) is 2. The number of benzene rings is 8. The Labute approximate surface area is 283 Å². The summed E-state index contributed by atoms with van der Waals surface area (Å²) in [6, 6.07) is 59.7. The van der Waals surface area contributed by atoms with Crippen LogP contribution in [0.5, 0.6) is 11.5 Å². The zero-order chi connectivity index (χ0) is 32.3. The summed E-state index contributed by atoms with van der Waals surface area (Å²) in [6.45, 7) is 0. The molecule has 1 aliphatic rings. The summed E-state index contributed by atoms with van der Waals surface area (Å²) < 4.78 is 6.41. The van der Waals surface area contributed by atoms with Crippen LogP contribution in [0.15, 0.2) is 170 Å². The van der Waals surface area contributed by atoms with Crippen LogP contribution >= 0.6 is 0 Å². The highest BCUT2D eigenvalue weighted by molar-refractivity contribution is 6.07. The zero-order valence-corrected chi connectivity index (χ0v) is 26.5. The highest BCUT2D eigenvalue weighted by atomic mass is 16.5. The third-order valence-corrected chi connectivity index (χ3v) is 9.67. The van der Waals surface area contributed by atoms with Crippen LogP contribution in [0.4, 0.5) is 0 Å². The van der Waals surface area contributed by atoms with Crippen LogP contribution in [0.25, 0.3) is 88.5 Å². The molecule has 0 spiro atoms. The maximum atomic E-state index is 6.41. The minimum absolute atomic E-state index is 0.707. The van der Waals surface area contributed by atoms with Gasteiger partial charge >= 0.3 is 0 Å². The lowest BCUT2D eigenvalue weighted by Crippen LogP contribution is -1.98. The van der Waals surface area contributed by atoms with Crippen molar-refractivity contribution in [3.05, 3.63) is 170 Å². The van der Waals surface area contributed by atoms with Crippen molar-refractivity contribution in [2.24, 2.45) is 0 Å². The van der Waals surface area contributed by atoms with Crippen LogP contribution in [0.3, 0.4) is 0 Å². The standard InChI is InChI=1S/C46H28N2O/c1-2-11-31(12-3-1)46-47-41(34-21-20-29-10-4-5-13-32(29)26-34)28-42(48-46)38-24-23-35(36-16-6-7-17-37(36)38)33-22-25-43-40(27-33)39-18-8-14-30-15-9-19-44(49-43)45(30)39/h1-28H. The minimum Gasteiger partial charge on any atom is -0.456 e. The van der Waals surface area contributed by atoms with Crippen molar-refractivity contribution in [2.75, 3.05) is 0 Å². The summed E-state index contributed by atoms with van der Waals surface area (Å²) >= 11 is 0. The van der Waals surface area contributed by atoms with Gasteiger partial charge in [-0.25, -0.2) is 9.97 Å². The number of ether oxygens (including phenoxy) is 1. The van der Waals surface area contributed by atoms with Gasteiger partial charge in [0.25, 0.3) is 0 Å². The first-order valence-corrected chi connectivity index (χ1v) is 16.6. The normalized spacial score (nSPS) is 11.8. The molecular formula is C46H28N2O. The predicted molar refractivity (Wildman–Crippen MR) is 202 cm³/mol. The second-order valence-electron chi connectivity index (χ2n) is 12.6. The van der Waals surface area contributed by atoms with Crippen molar-refractivity contribution in [3.8, 4) is 67.7 Å². The summed E-state index contributed by atoms with van der Waals surface area (Å²) in [6.07, 6.45) is 0. The SMILES string of the molecule is c1ccc(-c2nc(-c3ccc4ccccc4c3)cc(-c3ccc(-c4ccc5c(c4)-c4cccc6cccc(c46)O5)c4ccccc34)n2)cc1. The largest absolute Gasteiger partial charge is 0.456 e. The van der Waals surface area contributed by atoms with Crippen molar-refractivity contribution < 1.29 is 4.74 Å². The van der Waals surface area contributed by atoms with Crippen molar-refractivity contribution >= 4 is 32.3 Å². The predicted octanol–water partition coefficient (Wildman–Crippen LogP) is 12.4. The highest BCUT2D eigenvalue weighted by Gasteiger charge is 2.21. The summed E-state index contributed by atoms with van der Waals surface area (Å²) in [4.78, 5) is 10.3. The zero-order valence-electron chi connectivity index (χ0n) is 26.5. The third kappa shape index (κ3) is 4.59. The topological polar surface area (TPSA) is 35.0 Å². The molecule has 0 saturated carbocycles. The molecule has 49 heavy (non-hydrogen) atoms.